The Morgan fingerprint density at radius 2 is 2.16 bits per heavy atom. The lowest BCUT2D eigenvalue weighted by molar-refractivity contribution is -0.0117. The summed E-state index contributed by atoms with van der Waals surface area (Å²) in [6, 6.07) is 6.00. The standard InChI is InChI=1S/C14H24N4O/c1-3-7-15-13-5-4-6-14(17-13)16-10-12-11-18(2)8-9-19-12/h4-6,12H,3,7-11H2,1-2H3,(H2,15,16,17). The first-order chi connectivity index (χ1) is 9.28. The molecule has 5 nitrogen and oxygen atoms in total. The molecule has 106 valence electrons. The van der Waals surface area contributed by atoms with Crippen LogP contribution in [0.3, 0.4) is 0 Å². The van der Waals surface area contributed by atoms with Crippen LogP contribution in [0, 0.1) is 0 Å². The van der Waals surface area contributed by atoms with E-state index < -0.39 is 0 Å². The number of nitrogens with one attached hydrogen (secondary N) is 2. The van der Waals surface area contributed by atoms with E-state index in [1.54, 1.807) is 0 Å². The number of aromatic nitrogens is 1. The van der Waals surface area contributed by atoms with Crippen molar-refractivity contribution in [3.05, 3.63) is 18.2 Å². The van der Waals surface area contributed by atoms with E-state index in [1.165, 1.54) is 0 Å². The summed E-state index contributed by atoms with van der Waals surface area (Å²) in [5.41, 5.74) is 0. The Balaban J connectivity index is 1.81. The molecule has 1 atom stereocenters. The minimum atomic E-state index is 0.243. The van der Waals surface area contributed by atoms with Crippen molar-refractivity contribution in [2.75, 3.05) is 50.5 Å². The monoisotopic (exact) mass is 264 g/mol. The molecule has 1 unspecified atom stereocenters. The molecule has 0 amide bonds. The van der Waals surface area contributed by atoms with Gasteiger partial charge >= 0.3 is 0 Å². The van der Waals surface area contributed by atoms with Crippen LogP contribution >= 0.6 is 0 Å². The van der Waals surface area contributed by atoms with E-state index >= 15 is 0 Å². The molecule has 1 aromatic rings. The molecule has 0 aliphatic carbocycles. The van der Waals surface area contributed by atoms with E-state index in [4.69, 9.17) is 4.74 Å². The Hall–Kier alpha value is -1.33. The molecule has 2 heterocycles. The van der Waals surface area contributed by atoms with E-state index in [9.17, 15) is 0 Å². The van der Waals surface area contributed by atoms with Crippen molar-refractivity contribution >= 4 is 11.6 Å². The fraction of sp³-hybridized carbons (Fsp3) is 0.643. The van der Waals surface area contributed by atoms with Crippen LogP contribution in [-0.4, -0.2) is 55.8 Å². The molecule has 0 saturated carbocycles. The third-order valence-corrected chi connectivity index (χ3v) is 3.16. The lowest BCUT2D eigenvalue weighted by Crippen LogP contribution is -2.43. The predicted octanol–water partition coefficient (Wildman–Crippen LogP) is 1.65. The molecule has 19 heavy (non-hydrogen) atoms. The molecule has 2 rings (SSSR count). The molecule has 2 N–H and O–H groups in total. The number of pyridine rings is 1. The first-order valence-electron chi connectivity index (χ1n) is 7.03. The molecule has 0 bridgehead atoms. The van der Waals surface area contributed by atoms with Gasteiger partial charge in [-0.2, -0.15) is 0 Å². The highest BCUT2D eigenvalue weighted by Crippen LogP contribution is 2.10. The van der Waals surface area contributed by atoms with Crippen molar-refractivity contribution in [1.29, 1.82) is 0 Å². The summed E-state index contributed by atoms with van der Waals surface area (Å²) in [5.74, 6) is 1.83. The zero-order valence-corrected chi connectivity index (χ0v) is 11.9. The Morgan fingerprint density at radius 3 is 2.89 bits per heavy atom. The van der Waals surface area contributed by atoms with Gasteiger partial charge in [-0.1, -0.05) is 13.0 Å². The number of ether oxygens (including phenoxy) is 1. The Bertz CT molecular complexity index is 385. The van der Waals surface area contributed by atoms with E-state index in [0.29, 0.717) is 0 Å². The van der Waals surface area contributed by atoms with Crippen LogP contribution in [0.2, 0.25) is 0 Å². The smallest absolute Gasteiger partial charge is 0.128 e. The van der Waals surface area contributed by atoms with Gasteiger partial charge in [-0.05, 0) is 25.6 Å². The van der Waals surface area contributed by atoms with Gasteiger partial charge in [-0.15, -0.1) is 0 Å². The third kappa shape index (κ3) is 4.69. The number of likely N-dealkylation sites (N-methyl/N-ethyl adjacent to an activating group) is 1. The Labute approximate surface area is 115 Å². The first-order valence-corrected chi connectivity index (χ1v) is 7.03. The minimum absolute atomic E-state index is 0.243. The van der Waals surface area contributed by atoms with Gasteiger partial charge in [-0.25, -0.2) is 4.98 Å². The molecule has 1 saturated heterocycles. The zero-order valence-electron chi connectivity index (χ0n) is 11.9. The SMILES string of the molecule is CCCNc1cccc(NCC2CN(C)CCO2)n1. The molecule has 1 aliphatic heterocycles. The van der Waals surface area contributed by atoms with Crippen LogP contribution in [0.5, 0.6) is 0 Å². The van der Waals surface area contributed by atoms with Crippen molar-refractivity contribution < 1.29 is 4.74 Å². The van der Waals surface area contributed by atoms with Gasteiger partial charge in [0.15, 0.2) is 0 Å². The second kappa shape index (κ2) is 7.31. The van der Waals surface area contributed by atoms with Crippen LogP contribution in [-0.2, 0) is 4.74 Å². The number of rotatable bonds is 6. The van der Waals surface area contributed by atoms with Crippen LogP contribution < -0.4 is 10.6 Å². The zero-order chi connectivity index (χ0) is 13.5. The molecule has 0 aromatic carbocycles. The minimum Gasteiger partial charge on any atom is -0.374 e. The number of morpholine rings is 1. The lowest BCUT2D eigenvalue weighted by atomic mass is 10.3. The van der Waals surface area contributed by atoms with Gasteiger partial charge in [0.05, 0.1) is 12.7 Å². The van der Waals surface area contributed by atoms with Crippen molar-refractivity contribution in [1.82, 2.24) is 9.88 Å². The largest absolute Gasteiger partial charge is 0.374 e. The van der Waals surface area contributed by atoms with E-state index in [0.717, 1.165) is 50.8 Å². The maximum Gasteiger partial charge on any atom is 0.128 e. The molecule has 5 heteroatoms. The van der Waals surface area contributed by atoms with Gasteiger partial charge in [0.1, 0.15) is 11.6 Å². The molecular formula is C14H24N4O. The second-order valence-electron chi connectivity index (χ2n) is 4.97. The second-order valence-corrected chi connectivity index (χ2v) is 4.97. The Morgan fingerprint density at radius 1 is 1.37 bits per heavy atom. The van der Waals surface area contributed by atoms with Crippen molar-refractivity contribution in [2.45, 2.75) is 19.4 Å². The third-order valence-electron chi connectivity index (χ3n) is 3.16. The number of hydrogen-bond donors (Lipinski definition) is 2. The summed E-state index contributed by atoms with van der Waals surface area (Å²) in [6.45, 7) is 6.70. The predicted molar refractivity (Wildman–Crippen MR) is 78.7 cm³/mol. The van der Waals surface area contributed by atoms with Crippen molar-refractivity contribution in [3.8, 4) is 0 Å². The lowest BCUT2D eigenvalue weighted by Gasteiger charge is -2.30. The highest BCUT2D eigenvalue weighted by molar-refractivity contribution is 5.45. The molecular weight excluding hydrogens is 240 g/mol. The highest BCUT2D eigenvalue weighted by atomic mass is 16.5. The van der Waals surface area contributed by atoms with E-state index in [2.05, 4.69) is 34.5 Å². The van der Waals surface area contributed by atoms with Crippen LogP contribution in [0.15, 0.2) is 18.2 Å². The normalized spacial score (nSPS) is 20.2. The first kappa shape index (κ1) is 14.1. The van der Waals surface area contributed by atoms with Crippen LogP contribution in [0.4, 0.5) is 11.6 Å². The quantitative estimate of drug-likeness (QED) is 0.818. The average molecular weight is 264 g/mol. The fourth-order valence-corrected chi connectivity index (χ4v) is 2.09. The molecule has 0 radical (unpaired) electrons. The number of nitrogens with zero attached hydrogens (tertiary/aromatic N) is 2. The summed E-state index contributed by atoms with van der Waals surface area (Å²) >= 11 is 0. The molecule has 1 aromatic heterocycles. The topological polar surface area (TPSA) is 49.4 Å². The summed E-state index contributed by atoms with van der Waals surface area (Å²) in [5, 5.41) is 6.64. The maximum atomic E-state index is 5.72. The van der Waals surface area contributed by atoms with Crippen LogP contribution in [0.1, 0.15) is 13.3 Å². The molecule has 1 aliphatic rings. The number of anilines is 2. The highest BCUT2D eigenvalue weighted by Gasteiger charge is 2.17. The summed E-state index contributed by atoms with van der Waals surface area (Å²) in [7, 11) is 2.13. The number of hydrogen-bond acceptors (Lipinski definition) is 5. The van der Waals surface area contributed by atoms with Gasteiger partial charge in [0.2, 0.25) is 0 Å². The summed E-state index contributed by atoms with van der Waals surface area (Å²) < 4.78 is 5.72. The summed E-state index contributed by atoms with van der Waals surface area (Å²) in [4.78, 5) is 6.82. The molecule has 0 spiro atoms. The fourth-order valence-electron chi connectivity index (χ4n) is 2.09. The summed E-state index contributed by atoms with van der Waals surface area (Å²) in [6.07, 6.45) is 1.34. The van der Waals surface area contributed by atoms with E-state index in [-0.39, 0.29) is 6.10 Å². The van der Waals surface area contributed by atoms with Gasteiger partial charge in [0, 0.05) is 26.2 Å². The average Bonchev–Trinajstić information content (AvgIpc) is 2.43. The maximum absolute atomic E-state index is 5.72. The van der Waals surface area contributed by atoms with Gasteiger partial charge in [-0.3, -0.25) is 0 Å². The van der Waals surface area contributed by atoms with Crippen molar-refractivity contribution in [2.24, 2.45) is 0 Å². The van der Waals surface area contributed by atoms with Gasteiger partial charge in [0.25, 0.3) is 0 Å². The van der Waals surface area contributed by atoms with Crippen LogP contribution in [0.25, 0.3) is 0 Å². The van der Waals surface area contributed by atoms with E-state index in [1.807, 2.05) is 18.2 Å². The Kier molecular flexibility index (Phi) is 5.42. The molecule has 1 fully saturated rings. The van der Waals surface area contributed by atoms with Gasteiger partial charge < -0.3 is 20.3 Å². The van der Waals surface area contributed by atoms with Crippen molar-refractivity contribution in [3.63, 3.8) is 0 Å².